The van der Waals surface area contributed by atoms with Gasteiger partial charge in [0.15, 0.2) is 0 Å². The van der Waals surface area contributed by atoms with Gasteiger partial charge < -0.3 is 10.1 Å². The first kappa shape index (κ1) is 14.4. The zero-order chi connectivity index (χ0) is 15.2. The highest BCUT2D eigenvalue weighted by Gasteiger charge is 2.05. The summed E-state index contributed by atoms with van der Waals surface area (Å²) in [6.45, 7) is 0.342. The molecule has 2 rings (SSSR count). The lowest BCUT2D eigenvalue weighted by Gasteiger charge is -2.11. The fourth-order valence-corrected chi connectivity index (χ4v) is 1.92. The van der Waals surface area contributed by atoms with Crippen molar-refractivity contribution in [3.05, 3.63) is 58.9 Å². The van der Waals surface area contributed by atoms with E-state index in [4.69, 9.17) is 15.3 Å². The van der Waals surface area contributed by atoms with Crippen molar-refractivity contribution in [2.75, 3.05) is 12.4 Å². The summed E-state index contributed by atoms with van der Waals surface area (Å²) in [5.74, 6) is 0.0867. The predicted octanol–water partition coefficient (Wildman–Crippen LogP) is 3.19. The van der Waals surface area contributed by atoms with Crippen LogP contribution in [-0.2, 0) is 6.54 Å². The standard InChI is InChI=1S/C16H12FN3O/c1-21-16-7-11(8-18)2-3-15(16)20-10-13-4-12(9-19)5-14(17)6-13/h2-7,20H,10H2,1H3. The van der Waals surface area contributed by atoms with Crippen LogP contribution in [-0.4, -0.2) is 7.11 Å². The lowest BCUT2D eigenvalue weighted by Crippen LogP contribution is -2.02. The maximum atomic E-state index is 13.3. The highest BCUT2D eigenvalue weighted by atomic mass is 19.1. The van der Waals surface area contributed by atoms with Gasteiger partial charge in [0.1, 0.15) is 11.6 Å². The normalized spacial score (nSPS) is 9.52. The Bertz CT molecular complexity index is 744. The Morgan fingerprint density at radius 2 is 1.86 bits per heavy atom. The number of methoxy groups -OCH3 is 1. The molecule has 0 spiro atoms. The summed E-state index contributed by atoms with van der Waals surface area (Å²) >= 11 is 0. The molecule has 0 heterocycles. The van der Waals surface area contributed by atoms with Gasteiger partial charge in [-0.3, -0.25) is 0 Å². The highest BCUT2D eigenvalue weighted by molar-refractivity contribution is 5.59. The molecule has 0 saturated heterocycles. The van der Waals surface area contributed by atoms with Crippen LogP contribution in [0.25, 0.3) is 0 Å². The Morgan fingerprint density at radius 1 is 1.10 bits per heavy atom. The molecule has 0 aliphatic heterocycles. The number of nitrogens with one attached hydrogen (secondary N) is 1. The van der Waals surface area contributed by atoms with Gasteiger partial charge in [-0.25, -0.2) is 4.39 Å². The van der Waals surface area contributed by atoms with Crippen LogP contribution >= 0.6 is 0 Å². The summed E-state index contributed by atoms with van der Waals surface area (Å²) in [6, 6.07) is 13.1. The number of hydrogen-bond donors (Lipinski definition) is 1. The quantitative estimate of drug-likeness (QED) is 0.934. The molecule has 1 N–H and O–H groups in total. The summed E-state index contributed by atoms with van der Waals surface area (Å²) in [7, 11) is 1.51. The van der Waals surface area contributed by atoms with E-state index in [9.17, 15) is 4.39 Å². The molecule has 2 aromatic rings. The first-order chi connectivity index (χ1) is 10.2. The van der Waals surface area contributed by atoms with Crippen LogP contribution in [0.3, 0.4) is 0 Å². The minimum absolute atomic E-state index is 0.276. The number of anilines is 1. The van der Waals surface area contributed by atoms with Crippen molar-refractivity contribution in [1.82, 2.24) is 0 Å². The third-order valence-corrected chi connectivity index (χ3v) is 2.90. The lowest BCUT2D eigenvalue weighted by molar-refractivity contribution is 0.416. The smallest absolute Gasteiger partial charge is 0.143 e. The van der Waals surface area contributed by atoms with Crippen molar-refractivity contribution >= 4 is 5.69 Å². The van der Waals surface area contributed by atoms with Crippen LogP contribution in [0, 0.1) is 28.5 Å². The summed E-state index contributed by atoms with van der Waals surface area (Å²) in [5, 5.41) is 20.8. The van der Waals surface area contributed by atoms with E-state index in [0.29, 0.717) is 29.1 Å². The van der Waals surface area contributed by atoms with E-state index in [1.807, 2.05) is 12.1 Å². The van der Waals surface area contributed by atoms with Gasteiger partial charge in [0.25, 0.3) is 0 Å². The van der Waals surface area contributed by atoms with Crippen LogP contribution in [0.4, 0.5) is 10.1 Å². The molecule has 0 aliphatic carbocycles. The molecule has 0 bridgehead atoms. The fourth-order valence-electron chi connectivity index (χ4n) is 1.92. The van der Waals surface area contributed by atoms with Crippen molar-refractivity contribution < 1.29 is 9.13 Å². The van der Waals surface area contributed by atoms with Crippen LogP contribution in [0.5, 0.6) is 5.75 Å². The molecule has 0 unspecified atom stereocenters. The van der Waals surface area contributed by atoms with Gasteiger partial charge in [0.05, 0.1) is 36.1 Å². The molecule has 2 aromatic carbocycles. The Kier molecular flexibility index (Phi) is 4.38. The van der Waals surface area contributed by atoms with Crippen molar-refractivity contribution in [1.29, 1.82) is 10.5 Å². The average molecular weight is 281 g/mol. The summed E-state index contributed by atoms with van der Waals surface area (Å²) in [6.07, 6.45) is 0. The first-order valence-corrected chi connectivity index (χ1v) is 6.18. The highest BCUT2D eigenvalue weighted by Crippen LogP contribution is 2.26. The molecule has 0 amide bonds. The van der Waals surface area contributed by atoms with Crippen LogP contribution in [0.1, 0.15) is 16.7 Å². The van der Waals surface area contributed by atoms with Gasteiger partial charge in [-0.15, -0.1) is 0 Å². The van der Waals surface area contributed by atoms with E-state index >= 15 is 0 Å². The number of nitriles is 2. The van der Waals surface area contributed by atoms with Gasteiger partial charge in [-0.1, -0.05) is 0 Å². The second-order valence-corrected chi connectivity index (χ2v) is 4.34. The first-order valence-electron chi connectivity index (χ1n) is 6.18. The maximum absolute atomic E-state index is 13.3. The molecule has 0 aromatic heterocycles. The molecular formula is C16H12FN3O. The minimum atomic E-state index is -0.447. The third-order valence-electron chi connectivity index (χ3n) is 2.90. The predicted molar refractivity (Wildman–Crippen MR) is 76.2 cm³/mol. The van der Waals surface area contributed by atoms with Crippen molar-refractivity contribution in [2.24, 2.45) is 0 Å². The van der Waals surface area contributed by atoms with E-state index in [1.54, 1.807) is 24.3 Å². The van der Waals surface area contributed by atoms with E-state index in [-0.39, 0.29) is 5.56 Å². The topological polar surface area (TPSA) is 68.8 Å². The minimum Gasteiger partial charge on any atom is -0.495 e. The molecule has 0 saturated carbocycles. The average Bonchev–Trinajstić information content (AvgIpc) is 2.52. The number of nitrogens with zero attached hydrogens (tertiary/aromatic N) is 2. The SMILES string of the molecule is COc1cc(C#N)ccc1NCc1cc(F)cc(C#N)c1. The Hall–Kier alpha value is -3.05. The third kappa shape index (κ3) is 3.49. The van der Waals surface area contributed by atoms with Crippen LogP contribution < -0.4 is 10.1 Å². The fraction of sp³-hybridized carbons (Fsp3) is 0.125. The van der Waals surface area contributed by atoms with E-state index in [2.05, 4.69) is 5.32 Å². The number of ether oxygens (including phenoxy) is 1. The second kappa shape index (κ2) is 6.40. The van der Waals surface area contributed by atoms with Crippen molar-refractivity contribution in [2.45, 2.75) is 6.54 Å². The molecule has 0 radical (unpaired) electrons. The molecule has 4 nitrogen and oxygen atoms in total. The summed E-state index contributed by atoms with van der Waals surface area (Å²) in [5.41, 5.74) is 2.12. The molecule has 0 atom stereocenters. The number of rotatable bonds is 4. The largest absolute Gasteiger partial charge is 0.495 e. The molecule has 5 heteroatoms. The van der Waals surface area contributed by atoms with E-state index in [1.165, 1.54) is 19.2 Å². The Labute approximate surface area is 122 Å². The summed E-state index contributed by atoms with van der Waals surface area (Å²) < 4.78 is 18.5. The number of halogens is 1. The number of benzene rings is 2. The molecular weight excluding hydrogens is 269 g/mol. The Balaban J connectivity index is 2.19. The molecule has 21 heavy (non-hydrogen) atoms. The molecule has 0 fully saturated rings. The molecule has 0 aliphatic rings. The maximum Gasteiger partial charge on any atom is 0.143 e. The van der Waals surface area contributed by atoms with Gasteiger partial charge in [-0.05, 0) is 35.9 Å². The Morgan fingerprint density at radius 3 is 2.52 bits per heavy atom. The van der Waals surface area contributed by atoms with Gasteiger partial charge >= 0.3 is 0 Å². The second-order valence-electron chi connectivity index (χ2n) is 4.34. The zero-order valence-electron chi connectivity index (χ0n) is 11.4. The van der Waals surface area contributed by atoms with Gasteiger partial charge in [0.2, 0.25) is 0 Å². The van der Waals surface area contributed by atoms with Gasteiger partial charge in [-0.2, -0.15) is 10.5 Å². The van der Waals surface area contributed by atoms with Crippen molar-refractivity contribution in [3.63, 3.8) is 0 Å². The summed E-state index contributed by atoms with van der Waals surface area (Å²) in [4.78, 5) is 0. The monoisotopic (exact) mass is 281 g/mol. The lowest BCUT2D eigenvalue weighted by atomic mass is 10.1. The molecule has 104 valence electrons. The van der Waals surface area contributed by atoms with Gasteiger partial charge in [0, 0.05) is 12.6 Å². The van der Waals surface area contributed by atoms with Crippen LogP contribution in [0.2, 0.25) is 0 Å². The van der Waals surface area contributed by atoms with E-state index < -0.39 is 5.82 Å². The zero-order valence-corrected chi connectivity index (χ0v) is 11.4. The number of hydrogen-bond acceptors (Lipinski definition) is 4. The van der Waals surface area contributed by atoms with Crippen molar-refractivity contribution in [3.8, 4) is 17.9 Å². The van der Waals surface area contributed by atoms with E-state index in [0.717, 1.165) is 0 Å². The van der Waals surface area contributed by atoms with Crippen LogP contribution in [0.15, 0.2) is 36.4 Å².